The summed E-state index contributed by atoms with van der Waals surface area (Å²) in [7, 11) is 0. The fraction of sp³-hybridized carbons (Fsp3) is 0.111. The molecule has 2 aromatic rings. The lowest BCUT2D eigenvalue weighted by Crippen LogP contribution is -2.58. The molecule has 1 fully saturated rings. The number of benzene rings is 2. The minimum atomic E-state index is -1.17. The lowest BCUT2D eigenvalue weighted by Gasteiger charge is -2.28. The Morgan fingerprint density at radius 2 is 1.84 bits per heavy atom. The van der Waals surface area contributed by atoms with E-state index < -0.39 is 23.8 Å². The predicted octanol–water partition coefficient (Wildman–Crippen LogP) is 3.36. The van der Waals surface area contributed by atoms with Crippen LogP contribution in [-0.4, -0.2) is 24.1 Å². The van der Waals surface area contributed by atoms with E-state index in [0.717, 1.165) is 14.9 Å². The molecule has 7 heteroatoms. The van der Waals surface area contributed by atoms with Crippen LogP contribution in [0.2, 0.25) is 0 Å². The summed E-state index contributed by atoms with van der Waals surface area (Å²) in [4.78, 5) is 41.9. The third-order valence-electron chi connectivity index (χ3n) is 3.68. The van der Waals surface area contributed by atoms with E-state index in [4.69, 9.17) is 0 Å². The monoisotopic (exact) mass is 399 g/mol. The third-order valence-corrected chi connectivity index (χ3v) is 4.17. The van der Waals surface area contributed by atoms with Gasteiger partial charge in [-0.2, -0.15) is 0 Å². The average Bonchev–Trinajstić information content (AvgIpc) is 2.56. The van der Waals surface area contributed by atoms with Crippen LogP contribution in [0.25, 0.3) is 0 Å². The van der Waals surface area contributed by atoms with Crippen molar-refractivity contribution >= 4 is 51.4 Å². The quantitative estimate of drug-likeness (QED) is 0.634. The lowest BCUT2D eigenvalue weighted by atomic mass is 10.1. The van der Waals surface area contributed by atoms with Crippen LogP contribution in [0.1, 0.15) is 5.56 Å². The minimum Gasteiger partial charge on any atom is -0.276 e. The molecular weight excluding hydrogens is 386 g/mol. The normalized spacial score (nSPS) is 17.9. The van der Waals surface area contributed by atoms with Gasteiger partial charge in [-0.3, -0.25) is 19.9 Å². The highest BCUT2D eigenvalue weighted by Gasteiger charge is 2.40. The zero-order valence-corrected chi connectivity index (χ0v) is 14.9. The van der Waals surface area contributed by atoms with E-state index in [0.29, 0.717) is 11.4 Å². The fourth-order valence-electron chi connectivity index (χ4n) is 2.38. The van der Waals surface area contributed by atoms with Crippen molar-refractivity contribution in [3.8, 4) is 0 Å². The van der Waals surface area contributed by atoms with Crippen molar-refractivity contribution in [1.82, 2.24) is 5.32 Å². The topological polar surface area (TPSA) is 78.8 Å². The first-order chi connectivity index (χ1) is 12.0. The number of nitrogens with one attached hydrogen (secondary N) is 1. The third kappa shape index (κ3) is 3.66. The zero-order chi connectivity index (χ0) is 18.0. The molecule has 0 aromatic heterocycles. The summed E-state index contributed by atoms with van der Waals surface area (Å²) in [6.07, 6.45) is 1.26. The number of barbiturate groups is 1. The largest absolute Gasteiger partial charge is 0.335 e. The summed E-state index contributed by atoms with van der Waals surface area (Å²) in [5, 5.41) is 2.20. The Morgan fingerprint density at radius 1 is 1.12 bits per heavy atom. The van der Waals surface area contributed by atoms with Gasteiger partial charge in [0, 0.05) is 10.7 Å². The lowest BCUT2D eigenvalue weighted by molar-refractivity contribution is -0.131. The molecule has 1 N–H and O–H groups in total. The summed E-state index contributed by atoms with van der Waals surface area (Å²) >= 11 is 3.33. The highest BCUT2D eigenvalue weighted by atomic mass is 79.9. The molecule has 3 rings (SSSR count). The van der Waals surface area contributed by atoms with Crippen molar-refractivity contribution in [2.45, 2.75) is 6.92 Å². The molecule has 6 nitrogen and oxygen atoms in total. The second-order valence-electron chi connectivity index (χ2n) is 5.54. The van der Waals surface area contributed by atoms with Gasteiger partial charge in [0.05, 0.1) is 11.4 Å². The molecule has 126 valence electrons. The highest BCUT2D eigenvalue weighted by Crippen LogP contribution is 2.22. The summed E-state index contributed by atoms with van der Waals surface area (Å²) in [6.45, 7) is 1.90. The van der Waals surface area contributed by atoms with E-state index in [9.17, 15) is 14.4 Å². The first-order valence-electron chi connectivity index (χ1n) is 7.51. The molecule has 0 spiro atoms. The Labute approximate surface area is 152 Å². The van der Waals surface area contributed by atoms with Crippen molar-refractivity contribution < 1.29 is 14.4 Å². The first kappa shape index (κ1) is 17.0. The van der Waals surface area contributed by atoms with Crippen molar-refractivity contribution in [1.29, 1.82) is 0 Å². The van der Waals surface area contributed by atoms with Crippen LogP contribution in [-0.2, 0) is 9.59 Å². The van der Waals surface area contributed by atoms with Crippen LogP contribution in [0, 0.1) is 12.8 Å². The second kappa shape index (κ2) is 6.98. The number of aliphatic imine (C=N–C) groups is 1. The molecule has 1 heterocycles. The number of urea groups is 1. The van der Waals surface area contributed by atoms with E-state index in [1.165, 1.54) is 6.21 Å². The molecule has 1 aliphatic heterocycles. The van der Waals surface area contributed by atoms with Crippen LogP contribution in [0.5, 0.6) is 0 Å². The Kier molecular flexibility index (Phi) is 4.76. The van der Waals surface area contributed by atoms with Gasteiger partial charge < -0.3 is 0 Å². The van der Waals surface area contributed by atoms with E-state index >= 15 is 0 Å². The molecule has 0 radical (unpaired) electrons. The van der Waals surface area contributed by atoms with E-state index in [2.05, 4.69) is 26.2 Å². The number of imide groups is 2. The van der Waals surface area contributed by atoms with Crippen molar-refractivity contribution in [3.05, 3.63) is 58.6 Å². The smallest absolute Gasteiger partial charge is 0.276 e. The Balaban J connectivity index is 1.89. The van der Waals surface area contributed by atoms with Gasteiger partial charge in [-0.15, -0.1) is 0 Å². The highest BCUT2D eigenvalue weighted by molar-refractivity contribution is 9.10. The van der Waals surface area contributed by atoms with Crippen LogP contribution in [0.3, 0.4) is 0 Å². The molecule has 1 aliphatic rings. The number of hydrogen-bond donors (Lipinski definition) is 1. The summed E-state index contributed by atoms with van der Waals surface area (Å²) in [5.41, 5.74) is 1.99. The van der Waals surface area contributed by atoms with Crippen LogP contribution in [0.4, 0.5) is 16.2 Å². The number of hydrogen-bond acceptors (Lipinski definition) is 4. The number of carbonyl (C=O) groups is 3. The van der Waals surface area contributed by atoms with Crippen LogP contribution >= 0.6 is 15.9 Å². The van der Waals surface area contributed by atoms with Crippen LogP contribution in [0.15, 0.2) is 58.0 Å². The number of amides is 4. The standard InChI is InChI=1S/C18H14BrN3O3/c1-11-5-7-14(8-6-11)22-17(24)15(16(23)21-18(22)25)10-20-13-4-2-3-12(19)9-13/h2-10,15H,1H3,(H,21,23,25)/t15-/m1/s1. The van der Waals surface area contributed by atoms with E-state index in [1.807, 2.05) is 13.0 Å². The molecule has 1 saturated heterocycles. The molecule has 0 saturated carbocycles. The SMILES string of the molecule is Cc1ccc(N2C(=O)NC(=O)[C@@H](C=Nc3cccc(Br)c3)C2=O)cc1. The van der Waals surface area contributed by atoms with E-state index in [-0.39, 0.29) is 0 Å². The molecule has 1 atom stereocenters. The van der Waals surface area contributed by atoms with Gasteiger partial charge in [-0.1, -0.05) is 39.7 Å². The molecule has 2 aromatic carbocycles. The first-order valence-corrected chi connectivity index (χ1v) is 8.30. The number of rotatable bonds is 3. The average molecular weight is 400 g/mol. The van der Waals surface area contributed by atoms with Gasteiger partial charge in [-0.25, -0.2) is 9.69 Å². The van der Waals surface area contributed by atoms with Gasteiger partial charge in [-0.05, 0) is 37.3 Å². The molecule has 25 heavy (non-hydrogen) atoms. The maximum absolute atomic E-state index is 12.7. The molecule has 4 amide bonds. The number of halogens is 1. The predicted molar refractivity (Wildman–Crippen MR) is 98.0 cm³/mol. The van der Waals surface area contributed by atoms with Crippen molar-refractivity contribution in [2.24, 2.45) is 10.9 Å². The maximum atomic E-state index is 12.7. The zero-order valence-electron chi connectivity index (χ0n) is 13.3. The van der Waals surface area contributed by atoms with Crippen LogP contribution < -0.4 is 10.2 Å². The summed E-state index contributed by atoms with van der Waals surface area (Å²) in [6, 6.07) is 13.3. The Hall–Kier alpha value is -2.80. The molecule has 0 bridgehead atoms. The van der Waals surface area contributed by atoms with Crippen molar-refractivity contribution in [3.63, 3.8) is 0 Å². The maximum Gasteiger partial charge on any atom is 0.335 e. The minimum absolute atomic E-state index is 0.404. The molecule has 0 aliphatic carbocycles. The number of nitrogens with zero attached hydrogens (tertiary/aromatic N) is 2. The van der Waals surface area contributed by atoms with Crippen molar-refractivity contribution in [2.75, 3.05) is 4.90 Å². The van der Waals surface area contributed by atoms with Gasteiger partial charge in [0.15, 0.2) is 5.92 Å². The van der Waals surface area contributed by atoms with Gasteiger partial charge in [0.2, 0.25) is 5.91 Å². The van der Waals surface area contributed by atoms with Gasteiger partial charge >= 0.3 is 6.03 Å². The number of carbonyl (C=O) groups excluding carboxylic acids is 3. The number of aryl methyl sites for hydroxylation is 1. The fourth-order valence-corrected chi connectivity index (χ4v) is 2.76. The molecular formula is C18H14BrN3O3. The van der Waals surface area contributed by atoms with E-state index in [1.54, 1.807) is 42.5 Å². The second-order valence-corrected chi connectivity index (χ2v) is 6.45. The van der Waals surface area contributed by atoms with Gasteiger partial charge in [0.1, 0.15) is 0 Å². The molecule has 0 unspecified atom stereocenters. The Bertz CT molecular complexity index is 877. The number of anilines is 1. The summed E-state index contributed by atoms with van der Waals surface area (Å²) < 4.78 is 0.832. The van der Waals surface area contributed by atoms with Gasteiger partial charge in [0.25, 0.3) is 5.91 Å². The summed E-state index contributed by atoms with van der Waals surface area (Å²) in [5.74, 6) is -2.48. The Morgan fingerprint density at radius 3 is 2.52 bits per heavy atom.